The molecule has 1 aliphatic heterocycles. The first kappa shape index (κ1) is 22.9. The van der Waals surface area contributed by atoms with Crippen molar-refractivity contribution in [3.63, 3.8) is 0 Å². The normalized spacial score (nSPS) is 19.1. The summed E-state index contributed by atoms with van der Waals surface area (Å²) in [7, 11) is 1.47. The smallest absolute Gasteiger partial charge is 0.305 e. The molecule has 0 amide bonds. The van der Waals surface area contributed by atoms with Crippen LogP contribution in [0.3, 0.4) is 0 Å². The second-order valence-corrected chi connectivity index (χ2v) is 9.20. The number of ether oxygens (including phenoxy) is 1. The van der Waals surface area contributed by atoms with Crippen LogP contribution in [0.15, 0.2) is 0 Å². The van der Waals surface area contributed by atoms with Gasteiger partial charge in [-0.2, -0.15) is 11.8 Å². The van der Waals surface area contributed by atoms with Gasteiger partial charge in [0.2, 0.25) is 0 Å². The van der Waals surface area contributed by atoms with Crippen LogP contribution in [0.2, 0.25) is 0 Å². The van der Waals surface area contributed by atoms with Gasteiger partial charge in [0.25, 0.3) is 0 Å². The molecule has 0 aromatic heterocycles. The summed E-state index contributed by atoms with van der Waals surface area (Å²) in [5.74, 6) is -0.0608. The highest BCUT2D eigenvalue weighted by Gasteiger charge is 2.36. The number of rotatable bonds is 18. The number of thioether (sulfide) groups is 1. The Balaban J connectivity index is 1.75. The highest BCUT2D eigenvalue weighted by Crippen LogP contribution is 2.47. The van der Waals surface area contributed by atoms with E-state index in [4.69, 9.17) is 0 Å². The fourth-order valence-corrected chi connectivity index (χ4v) is 4.83. The van der Waals surface area contributed by atoms with Gasteiger partial charge in [-0.25, -0.2) is 0 Å². The van der Waals surface area contributed by atoms with E-state index >= 15 is 0 Å². The molecule has 0 aromatic carbocycles. The van der Waals surface area contributed by atoms with Crippen LogP contribution in [0.4, 0.5) is 0 Å². The third-order valence-corrected chi connectivity index (χ3v) is 6.89. The van der Waals surface area contributed by atoms with E-state index < -0.39 is 0 Å². The molecule has 3 heteroatoms. The molecule has 1 aliphatic rings. The monoisotopic (exact) mass is 370 g/mol. The van der Waals surface area contributed by atoms with E-state index in [9.17, 15) is 4.79 Å². The summed E-state index contributed by atoms with van der Waals surface area (Å²) in [6.45, 7) is 2.29. The average Bonchev–Trinajstić information content (AvgIpc) is 3.37. The third kappa shape index (κ3) is 13.7. The summed E-state index contributed by atoms with van der Waals surface area (Å²) in [5.41, 5.74) is 0. The Morgan fingerprint density at radius 1 is 0.720 bits per heavy atom. The second kappa shape index (κ2) is 16.0. The molecule has 0 spiro atoms. The fourth-order valence-electron chi connectivity index (χ4n) is 3.59. The molecular weight excluding hydrogens is 328 g/mol. The van der Waals surface area contributed by atoms with Crippen LogP contribution < -0.4 is 0 Å². The summed E-state index contributed by atoms with van der Waals surface area (Å²) >= 11 is 2.21. The van der Waals surface area contributed by atoms with E-state index in [1.165, 1.54) is 103 Å². The van der Waals surface area contributed by atoms with Gasteiger partial charge in [0.05, 0.1) is 7.11 Å². The number of esters is 1. The third-order valence-electron chi connectivity index (χ3n) is 5.38. The standard InChI is InChI=1S/C22H42O2S/c1-3-4-5-6-7-8-9-10-11-14-17-20-21(25-20)18-15-12-13-16-19-22(23)24-2/h20-21H,3-19H2,1-2H3. The predicted octanol–water partition coefficient (Wildman–Crippen LogP) is 7.30. The Labute approximate surface area is 161 Å². The van der Waals surface area contributed by atoms with E-state index in [1.807, 2.05) is 0 Å². The second-order valence-electron chi connectivity index (χ2n) is 7.71. The lowest BCUT2D eigenvalue weighted by atomic mass is 10.0. The van der Waals surface area contributed by atoms with Gasteiger partial charge >= 0.3 is 5.97 Å². The van der Waals surface area contributed by atoms with Gasteiger partial charge in [-0.1, -0.05) is 90.4 Å². The van der Waals surface area contributed by atoms with E-state index in [0.29, 0.717) is 6.42 Å². The van der Waals surface area contributed by atoms with Crippen LogP contribution in [0.1, 0.15) is 116 Å². The number of methoxy groups -OCH3 is 1. The molecule has 2 atom stereocenters. The molecule has 0 N–H and O–H groups in total. The summed E-state index contributed by atoms with van der Waals surface area (Å²) < 4.78 is 4.66. The Kier molecular flexibility index (Phi) is 14.7. The van der Waals surface area contributed by atoms with Crippen LogP contribution in [0.5, 0.6) is 0 Å². The number of unbranched alkanes of at least 4 members (excludes halogenated alkanes) is 12. The van der Waals surface area contributed by atoms with Crippen LogP contribution >= 0.6 is 11.8 Å². The van der Waals surface area contributed by atoms with Gasteiger partial charge in [0.15, 0.2) is 0 Å². The lowest BCUT2D eigenvalue weighted by Crippen LogP contribution is -1.99. The van der Waals surface area contributed by atoms with Crippen LogP contribution in [-0.2, 0) is 9.53 Å². The molecule has 25 heavy (non-hydrogen) atoms. The van der Waals surface area contributed by atoms with Crippen LogP contribution in [0, 0.1) is 0 Å². The predicted molar refractivity (Wildman–Crippen MR) is 111 cm³/mol. The van der Waals surface area contributed by atoms with Crippen molar-refractivity contribution in [2.75, 3.05) is 7.11 Å². The maximum atomic E-state index is 11.0. The topological polar surface area (TPSA) is 26.3 Å². The van der Waals surface area contributed by atoms with E-state index in [-0.39, 0.29) is 5.97 Å². The molecule has 2 unspecified atom stereocenters. The summed E-state index contributed by atoms with van der Waals surface area (Å²) in [6.07, 6.45) is 22.6. The van der Waals surface area contributed by atoms with Gasteiger partial charge in [-0.05, 0) is 19.3 Å². The zero-order chi connectivity index (χ0) is 18.2. The van der Waals surface area contributed by atoms with Crippen molar-refractivity contribution in [1.82, 2.24) is 0 Å². The molecule has 0 bridgehead atoms. The summed E-state index contributed by atoms with van der Waals surface area (Å²) in [4.78, 5) is 11.0. The summed E-state index contributed by atoms with van der Waals surface area (Å²) in [6, 6.07) is 0. The first-order chi connectivity index (χ1) is 12.3. The molecule has 1 rings (SSSR count). The van der Waals surface area contributed by atoms with Gasteiger partial charge < -0.3 is 4.74 Å². The number of hydrogen-bond acceptors (Lipinski definition) is 3. The lowest BCUT2D eigenvalue weighted by molar-refractivity contribution is -0.140. The molecule has 148 valence electrons. The highest BCUT2D eigenvalue weighted by molar-refractivity contribution is 8.07. The Bertz CT molecular complexity index is 319. The highest BCUT2D eigenvalue weighted by atomic mass is 32.2. The molecule has 0 radical (unpaired) electrons. The molecule has 1 heterocycles. The van der Waals surface area contributed by atoms with E-state index in [2.05, 4.69) is 23.4 Å². The molecule has 0 aliphatic carbocycles. The minimum atomic E-state index is -0.0608. The fraction of sp³-hybridized carbons (Fsp3) is 0.955. The van der Waals surface area contributed by atoms with Crippen molar-refractivity contribution >= 4 is 17.7 Å². The SMILES string of the molecule is CCCCCCCCCCCCC1SC1CCCCCCC(=O)OC. The molecule has 2 nitrogen and oxygen atoms in total. The minimum absolute atomic E-state index is 0.0608. The first-order valence-electron chi connectivity index (χ1n) is 11.0. The van der Waals surface area contributed by atoms with Crippen molar-refractivity contribution in [3.05, 3.63) is 0 Å². The molecule has 1 fully saturated rings. The Hall–Kier alpha value is -0.180. The minimum Gasteiger partial charge on any atom is -0.469 e. The van der Waals surface area contributed by atoms with Crippen molar-refractivity contribution in [2.45, 2.75) is 127 Å². The maximum Gasteiger partial charge on any atom is 0.305 e. The quantitative estimate of drug-likeness (QED) is 0.144. The van der Waals surface area contributed by atoms with Crippen molar-refractivity contribution < 1.29 is 9.53 Å². The Morgan fingerprint density at radius 2 is 1.16 bits per heavy atom. The van der Waals surface area contributed by atoms with Crippen molar-refractivity contribution in [2.24, 2.45) is 0 Å². The lowest BCUT2D eigenvalue weighted by Gasteiger charge is -2.02. The number of hydrogen-bond donors (Lipinski definition) is 0. The first-order valence-corrected chi connectivity index (χ1v) is 11.9. The molecular formula is C22H42O2S. The van der Waals surface area contributed by atoms with Crippen molar-refractivity contribution in [3.8, 4) is 0 Å². The van der Waals surface area contributed by atoms with Gasteiger partial charge in [0, 0.05) is 16.9 Å². The largest absolute Gasteiger partial charge is 0.469 e. The van der Waals surface area contributed by atoms with Gasteiger partial charge in [-0.3, -0.25) is 4.79 Å². The van der Waals surface area contributed by atoms with Crippen molar-refractivity contribution in [1.29, 1.82) is 0 Å². The average molecular weight is 371 g/mol. The zero-order valence-electron chi connectivity index (χ0n) is 16.9. The van der Waals surface area contributed by atoms with E-state index in [0.717, 1.165) is 16.9 Å². The number of carbonyl (C=O) groups is 1. The van der Waals surface area contributed by atoms with Crippen LogP contribution in [-0.4, -0.2) is 23.6 Å². The molecule has 0 saturated carbocycles. The van der Waals surface area contributed by atoms with E-state index in [1.54, 1.807) is 0 Å². The molecule has 0 aromatic rings. The van der Waals surface area contributed by atoms with Gasteiger partial charge in [-0.15, -0.1) is 0 Å². The summed E-state index contributed by atoms with van der Waals surface area (Å²) in [5, 5.41) is 1.93. The Morgan fingerprint density at radius 3 is 1.64 bits per heavy atom. The van der Waals surface area contributed by atoms with Crippen LogP contribution in [0.25, 0.3) is 0 Å². The molecule has 1 saturated heterocycles. The zero-order valence-corrected chi connectivity index (χ0v) is 17.7. The van der Waals surface area contributed by atoms with Gasteiger partial charge in [0.1, 0.15) is 0 Å². The maximum absolute atomic E-state index is 11.0. The number of carbonyl (C=O) groups excluding carboxylic acids is 1.